The molecular weight excluding hydrogens is 438 g/mol. The number of thiophene rings is 1. The second-order valence-corrected chi connectivity index (χ2v) is 8.40. The summed E-state index contributed by atoms with van der Waals surface area (Å²) in [5.74, 6) is -0.903. The van der Waals surface area contributed by atoms with E-state index >= 15 is 0 Å². The molecule has 0 unspecified atom stereocenters. The highest BCUT2D eigenvalue weighted by Gasteiger charge is 2.22. The summed E-state index contributed by atoms with van der Waals surface area (Å²) in [6.07, 6.45) is -0.162. The average Bonchev–Trinajstić information content (AvgIpc) is 3.50. The van der Waals surface area contributed by atoms with E-state index in [1.807, 2.05) is 24.3 Å². The average molecular weight is 456 g/mol. The van der Waals surface area contributed by atoms with Gasteiger partial charge in [-0.3, -0.25) is 19.5 Å². The Labute approximate surface area is 184 Å². The lowest BCUT2D eigenvalue weighted by atomic mass is 10.1. The van der Waals surface area contributed by atoms with Crippen molar-refractivity contribution < 1.29 is 14.3 Å². The summed E-state index contributed by atoms with van der Waals surface area (Å²) in [4.78, 5) is 42.3. The number of nitrogens with zero attached hydrogens (tertiary/aromatic N) is 3. The van der Waals surface area contributed by atoms with E-state index in [1.54, 1.807) is 24.4 Å². The van der Waals surface area contributed by atoms with Gasteiger partial charge in [-0.05, 0) is 30.5 Å². The smallest absolute Gasteiger partial charge is 0.311 e. The molecule has 0 radical (unpaired) electrons. The molecule has 9 nitrogen and oxygen atoms in total. The molecule has 0 fully saturated rings. The monoisotopic (exact) mass is 455 g/mol. The molecule has 3 heterocycles. The molecule has 2 N–H and O–H groups in total. The van der Waals surface area contributed by atoms with Crippen molar-refractivity contribution in [2.24, 2.45) is 5.10 Å². The number of rotatable bonds is 6. The number of carbonyl (C=O) groups excluding carboxylic acids is 2. The summed E-state index contributed by atoms with van der Waals surface area (Å²) in [6.45, 7) is 1.59. The third kappa shape index (κ3) is 4.18. The zero-order valence-corrected chi connectivity index (χ0v) is 18.2. The number of methoxy groups -OCH3 is 1. The van der Waals surface area contributed by atoms with Crippen LogP contribution in [-0.2, 0) is 16.0 Å². The summed E-state index contributed by atoms with van der Waals surface area (Å²) >= 11 is 2.61. The minimum atomic E-state index is -0.519. The molecule has 0 aliphatic heterocycles. The molecule has 0 saturated carbocycles. The van der Waals surface area contributed by atoms with Gasteiger partial charge in [-0.2, -0.15) is 9.78 Å². The number of hydrogen-bond acceptors (Lipinski definition) is 8. The normalized spacial score (nSPS) is 11.6. The molecule has 0 atom stereocenters. The van der Waals surface area contributed by atoms with E-state index in [1.165, 1.54) is 34.5 Å². The van der Waals surface area contributed by atoms with Crippen molar-refractivity contribution in [1.82, 2.24) is 20.2 Å². The van der Waals surface area contributed by atoms with Crippen LogP contribution in [0.5, 0.6) is 0 Å². The van der Waals surface area contributed by atoms with E-state index in [4.69, 9.17) is 4.74 Å². The Kier molecular flexibility index (Phi) is 5.78. The Morgan fingerprint density at radius 3 is 2.77 bits per heavy atom. The summed E-state index contributed by atoms with van der Waals surface area (Å²) < 4.78 is 6.94. The van der Waals surface area contributed by atoms with Gasteiger partial charge in [-0.1, -0.05) is 29.5 Å². The molecule has 4 aromatic rings. The largest absolute Gasteiger partial charge is 0.469 e. The number of thiazole rings is 1. The van der Waals surface area contributed by atoms with Crippen molar-refractivity contribution in [2.45, 2.75) is 13.3 Å². The van der Waals surface area contributed by atoms with Crippen LogP contribution in [0.1, 0.15) is 27.9 Å². The van der Waals surface area contributed by atoms with E-state index in [0.717, 1.165) is 10.2 Å². The zero-order chi connectivity index (χ0) is 22.0. The minimum absolute atomic E-state index is 0.162. The highest BCUT2D eigenvalue weighted by atomic mass is 32.1. The van der Waals surface area contributed by atoms with Crippen LogP contribution >= 0.6 is 22.7 Å². The number of amides is 1. The molecule has 1 amide bonds. The Morgan fingerprint density at radius 2 is 2.06 bits per heavy atom. The van der Waals surface area contributed by atoms with Crippen molar-refractivity contribution >= 4 is 50.5 Å². The fraction of sp³-hybridized carbons (Fsp3) is 0.150. The lowest BCUT2D eigenvalue weighted by molar-refractivity contribution is -0.139. The predicted octanol–water partition coefficient (Wildman–Crippen LogP) is 2.71. The predicted molar refractivity (Wildman–Crippen MR) is 119 cm³/mol. The lowest BCUT2D eigenvalue weighted by Crippen LogP contribution is -2.23. The molecule has 0 aliphatic carbocycles. The number of aromatic nitrogens is 3. The van der Waals surface area contributed by atoms with Crippen molar-refractivity contribution in [3.8, 4) is 5.13 Å². The number of ether oxygens (including phenoxy) is 1. The first kappa shape index (κ1) is 20.7. The molecule has 0 bridgehead atoms. The number of carbonyl (C=O) groups is 2. The van der Waals surface area contributed by atoms with Crippen molar-refractivity contribution in [2.75, 3.05) is 7.11 Å². The molecule has 0 spiro atoms. The molecule has 158 valence electrons. The molecule has 0 aliphatic rings. The maximum Gasteiger partial charge on any atom is 0.311 e. The van der Waals surface area contributed by atoms with Crippen LogP contribution in [0.25, 0.3) is 15.3 Å². The molecule has 4 rings (SSSR count). The third-order valence-corrected chi connectivity index (χ3v) is 6.31. The van der Waals surface area contributed by atoms with Gasteiger partial charge < -0.3 is 4.74 Å². The first-order valence-electron chi connectivity index (χ1n) is 9.13. The number of fused-ring (bicyclic) bond motifs is 1. The van der Waals surface area contributed by atoms with Gasteiger partial charge in [0.05, 0.1) is 45.6 Å². The van der Waals surface area contributed by atoms with Crippen LogP contribution in [0.15, 0.2) is 51.7 Å². The van der Waals surface area contributed by atoms with Crippen molar-refractivity contribution in [1.29, 1.82) is 0 Å². The van der Waals surface area contributed by atoms with Gasteiger partial charge in [-0.25, -0.2) is 10.4 Å². The van der Waals surface area contributed by atoms with Crippen LogP contribution in [0, 0.1) is 0 Å². The van der Waals surface area contributed by atoms with Gasteiger partial charge in [0.15, 0.2) is 0 Å². The van der Waals surface area contributed by atoms with Gasteiger partial charge in [0.25, 0.3) is 11.5 Å². The van der Waals surface area contributed by atoms with Crippen LogP contribution in [0.2, 0.25) is 0 Å². The summed E-state index contributed by atoms with van der Waals surface area (Å²) in [5, 5.41) is 9.23. The zero-order valence-electron chi connectivity index (χ0n) is 16.5. The van der Waals surface area contributed by atoms with Crippen molar-refractivity contribution in [3.05, 3.63) is 68.3 Å². The number of para-hydroxylation sites is 1. The van der Waals surface area contributed by atoms with E-state index in [-0.39, 0.29) is 23.6 Å². The number of aromatic amines is 1. The van der Waals surface area contributed by atoms with E-state index in [2.05, 4.69) is 20.6 Å². The molecular formula is C20H17N5O4S2. The number of hydrogen-bond donors (Lipinski definition) is 2. The quantitative estimate of drug-likeness (QED) is 0.263. The Balaban J connectivity index is 1.74. The maximum absolute atomic E-state index is 13.2. The fourth-order valence-corrected chi connectivity index (χ4v) is 4.48. The molecule has 11 heteroatoms. The summed E-state index contributed by atoms with van der Waals surface area (Å²) in [5.41, 5.74) is 3.53. The number of nitrogens with one attached hydrogen (secondary N) is 2. The Morgan fingerprint density at radius 1 is 1.26 bits per heavy atom. The van der Waals surface area contributed by atoms with Crippen molar-refractivity contribution in [3.63, 3.8) is 0 Å². The molecule has 0 saturated heterocycles. The minimum Gasteiger partial charge on any atom is -0.469 e. The fourth-order valence-electron chi connectivity index (χ4n) is 2.94. The third-order valence-electron chi connectivity index (χ3n) is 4.42. The first-order chi connectivity index (χ1) is 15.0. The van der Waals surface area contributed by atoms with Crippen LogP contribution in [-0.4, -0.2) is 39.5 Å². The standard InChI is InChI=1S/C20H17N5O4S2/c1-11(22-23-18(27)15-8-5-9-30-15)17-13(10-16(26)29-2)24-25(19(17)28)20-21-12-6-3-4-7-14(12)31-20/h3-9,24H,10H2,1-2H3,(H,23,27)/b22-11+. The highest BCUT2D eigenvalue weighted by Crippen LogP contribution is 2.24. The number of esters is 1. The second kappa shape index (κ2) is 8.66. The van der Waals surface area contributed by atoms with Crippen LogP contribution in [0.4, 0.5) is 0 Å². The lowest BCUT2D eigenvalue weighted by Gasteiger charge is -2.02. The van der Waals surface area contributed by atoms with Gasteiger partial charge in [-0.15, -0.1) is 11.3 Å². The van der Waals surface area contributed by atoms with E-state index < -0.39 is 11.5 Å². The van der Waals surface area contributed by atoms with Gasteiger partial charge in [0.2, 0.25) is 5.13 Å². The Bertz CT molecular complexity index is 1310. The summed E-state index contributed by atoms with van der Waals surface area (Å²) in [7, 11) is 1.27. The molecule has 1 aromatic carbocycles. The van der Waals surface area contributed by atoms with Gasteiger partial charge in [0.1, 0.15) is 0 Å². The molecule has 3 aromatic heterocycles. The first-order valence-corrected chi connectivity index (χ1v) is 10.8. The Hall–Kier alpha value is -3.57. The van der Waals surface area contributed by atoms with Gasteiger partial charge >= 0.3 is 5.97 Å². The van der Waals surface area contributed by atoms with Crippen LogP contribution in [0.3, 0.4) is 0 Å². The second-order valence-electron chi connectivity index (χ2n) is 6.44. The SMILES string of the molecule is COC(=O)Cc1[nH]n(-c2nc3ccccc3s2)c(=O)c1/C(C)=N/NC(=O)c1cccs1. The number of H-pyrrole nitrogens is 1. The van der Waals surface area contributed by atoms with Crippen LogP contribution < -0.4 is 11.0 Å². The highest BCUT2D eigenvalue weighted by molar-refractivity contribution is 7.20. The van der Waals surface area contributed by atoms with Gasteiger partial charge in [0, 0.05) is 0 Å². The van der Waals surface area contributed by atoms with E-state index in [9.17, 15) is 14.4 Å². The topological polar surface area (TPSA) is 118 Å². The maximum atomic E-state index is 13.2. The van der Waals surface area contributed by atoms with E-state index in [0.29, 0.717) is 15.7 Å². The number of hydrazone groups is 1. The summed E-state index contributed by atoms with van der Waals surface area (Å²) in [6, 6.07) is 10.9. The number of benzene rings is 1. The molecule has 31 heavy (non-hydrogen) atoms.